The lowest BCUT2D eigenvalue weighted by Gasteiger charge is -2.15. The zero-order chi connectivity index (χ0) is 14.0. The lowest BCUT2D eigenvalue weighted by molar-refractivity contribution is 0.0895. The molecule has 0 amide bonds. The molecule has 2 heterocycles. The van der Waals surface area contributed by atoms with E-state index in [1.54, 1.807) is 12.5 Å². The van der Waals surface area contributed by atoms with Crippen molar-refractivity contribution in [2.24, 2.45) is 0 Å². The summed E-state index contributed by atoms with van der Waals surface area (Å²) in [5.74, 6) is 0. The summed E-state index contributed by atoms with van der Waals surface area (Å²) in [7, 11) is -1.04. The fourth-order valence-electron chi connectivity index (χ4n) is 1.59. The van der Waals surface area contributed by atoms with Crippen molar-refractivity contribution in [3.63, 3.8) is 0 Å². The molecule has 0 aliphatic rings. The summed E-state index contributed by atoms with van der Waals surface area (Å²) in [6.45, 7) is 8.25. The Bertz CT molecular complexity index is 582. The second-order valence-electron chi connectivity index (χ2n) is 5.65. The maximum Gasteiger partial charge on any atom is 0.163 e. The van der Waals surface area contributed by atoms with Gasteiger partial charge in [-0.3, -0.25) is 4.57 Å². The monoisotopic (exact) mass is 361 g/mol. The fraction of sp³-hybridized carbons (Fsp3) is 0.500. The average Bonchev–Trinajstić information content (AvgIpc) is 2.72. The predicted octanol–water partition coefficient (Wildman–Crippen LogP) is 4.16. The van der Waals surface area contributed by atoms with E-state index in [-0.39, 0.29) is 0 Å². The number of hydrogen-bond donors (Lipinski definition) is 0. The maximum absolute atomic E-state index is 6.16. The normalized spacial score (nSPS) is 12.3. The van der Waals surface area contributed by atoms with E-state index in [4.69, 9.17) is 16.3 Å². The molecule has 0 bridgehead atoms. The quantitative estimate of drug-likeness (QED) is 0.592. The molecule has 104 valence electrons. The molecule has 0 N–H and O–H groups in total. The molecule has 7 heteroatoms. The Morgan fingerprint density at radius 2 is 2.11 bits per heavy atom. The van der Waals surface area contributed by atoms with Crippen molar-refractivity contribution in [2.75, 3.05) is 6.61 Å². The average molecular weight is 363 g/mol. The van der Waals surface area contributed by atoms with Crippen LogP contribution in [0.3, 0.4) is 0 Å². The molecule has 0 aliphatic heterocycles. The van der Waals surface area contributed by atoms with E-state index in [9.17, 15) is 0 Å². The van der Waals surface area contributed by atoms with Gasteiger partial charge >= 0.3 is 0 Å². The van der Waals surface area contributed by atoms with Gasteiger partial charge in [-0.15, -0.1) is 0 Å². The van der Waals surface area contributed by atoms with E-state index in [0.717, 1.165) is 22.8 Å². The van der Waals surface area contributed by atoms with Crippen LogP contribution >= 0.6 is 27.5 Å². The van der Waals surface area contributed by atoms with Crippen molar-refractivity contribution >= 4 is 46.8 Å². The largest absolute Gasteiger partial charge is 0.361 e. The molecule has 0 aromatic carbocycles. The Balaban J connectivity index is 2.04. The third kappa shape index (κ3) is 3.78. The fourth-order valence-corrected chi connectivity index (χ4v) is 2.82. The van der Waals surface area contributed by atoms with E-state index in [1.165, 1.54) is 0 Å². The second-order valence-corrected chi connectivity index (χ2v) is 12.5. The zero-order valence-electron chi connectivity index (χ0n) is 11.3. The molecule has 0 radical (unpaired) electrons. The number of aromatic nitrogens is 3. The predicted molar refractivity (Wildman–Crippen MR) is 84.3 cm³/mol. The highest BCUT2D eigenvalue weighted by Crippen LogP contribution is 2.28. The van der Waals surface area contributed by atoms with Crippen LogP contribution in [0.5, 0.6) is 0 Å². The third-order valence-corrected chi connectivity index (χ3v) is 5.67. The Labute approximate surface area is 127 Å². The molecule has 2 aromatic heterocycles. The molecule has 0 fully saturated rings. The van der Waals surface area contributed by atoms with E-state index in [2.05, 4.69) is 45.5 Å². The first-order valence-corrected chi connectivity index (χ1v) is 11.0. The summed E-state index contributed by atoms with van der Waals surface area (Å²) in [6, 6.07) is 1.15. The Kier molecular flexibility index (Phi) is 4.65. The van der Waals surface area contributed by atoms with Gasteiger partial charge < -0.3 is 4.74 Å². The number of pyridine rings is 1. The molecule has 0 aliphatic carbocycles. The summed E-state index contributed by atoms with van der Waals surface area (Å²) in [6.07, 6.45) is 3.40. The number of hydrogen-bond acceptors (Lipinski definition) is 3. The van der Waals surface area contributed by atoms with Gasteiger partial charge in [0.2, 0.25) is 0 Å². The summed E-state index contributed by atoms with van der Waals surface area (Å²) in [5, 5.41) is 0.589. The molecule has 0 spiro atoms. The molecule has 2 aromatic rings. The van der Waals surface area contributed by atoms with Crippen molar-refractivity contribution < 1.29 is 4.74 Å². The van der Waals surface area contributed by atoms with Crippen molar-refractivity contribution in [2.45, 2.75) is 32.4 Å². The minimum atomic E-state index is -1.04. The van der Waals surface area contributed by atoms with E-state index < -0.39 is 8.07 Å². The molecule has 19 heavy (non-hydrogen) atoms. The molecule has 0 atom stereocenters. The molecule has 0 saturated carbocycles. The van der Waals surface area contributed by atoms with E-state index in [1.807, 2.05) is 4.57 Å². The Hall–Kier alpha value is -0.433. The van der Waals surface area contributed by atoms with Crippen molar-refractivity contribution in [1.29, 1.82) is 0 Å². The Morgan fingerprint density at radius 3 is 2.79 bits per heavy atom. The minimum Gasteiger partial charge on any atom is -0.361 e. The standard InChI is InChI=1S/C12H17BrClN3OSi/c1-19(2,3)5-4-18-8-17-7-16-11-10(14)9(13)6-15-12(11)17/h6-7H,4-5,8H2,1-3H3. The van der Waals surface area contributed by atoms with Crippen LogP contribution in [0.25, 0.3) is 11.2 Å². The first-order valence-electron chi connectivity index (χ1n) is 6.11. The smallest absolute Gasteiger partial charge is 0.163 e. The first kappa shape index (κ1) is 15.0. The van der Waals surface area contributed by atoms with Crippen molar-refractivity contribution in [3.05, 3.63) is 22.0 Å². The van der Waals surface area contributed by atoms with Crippen molar-refractivity contribution in [1.82, 2.24) is 14.5 Å². The third-order valence-electron chi connectivity index (χ3n) is 2.75. The number of ether oxygens (including phenoxy) is 1. The topological polar surface area (TPSA) is 39.9 Å². The number of halogens is 2. The summed E-state index contributed by atoms with van der Waals surface area (Å²) >= 11 is 9.50. The van der Waals surface area contributed by atoms with Gasteiger partial charge in [0.1, 0.15) is 12.2 Å². The lowest BCUT2D eigenvalue weighted by Crippen LogP contribution is -2.22. The second kappa shape index (κ2) is 5.91. The number of imidazole rings is 1. The Morgan fingerprint density at radius 1 is 1.37 bits per heavy atom. The van der Waals surface area contributed by atoms with Gasteiger partial charge in [-0.25, -0.2) is 9.97 Å². The van der Waals surface area contributed by atoms with Crippen LogP contribution in [0.1, 0.15) is 0 Å². The van der Waals surface area contributed by atoms with Gasteiger partial charge in [-0.05, 0) is 22.0 Å². The number of rotatable bonds is 5. The van der Waals surface area contributed by atoms with Crippen LogP contribution in [0.15, 0.2) is 17.0 Å². The maximum atomic E-state index is 6.16. The van der Waals surface area contributed by atoms with Crippen LogP contribution in [0.2, 0.25) is 30.7 Å². The van der Waals surface area contributed by atoms with Crippen molar-refractivity contribution in [3.8, 4) is 0 Å². The van der Waals surface area contributed by atoms with Gasteiger partial charge in [0.25, 0.3) is 0 Å². The highest BCUT2D eigenvalue weighted by molar-refractivity contribution is 9.10. The van der Waals surface area contributed by atoms with E-state index >= 15 is 0 Å². The van der Waals surface area contributed by atoms with Gasteiger partial charge in [-0.2, -0.15) is 0 Å². The number of nitrogens with zero attached hydrogens (tertiary/aromatic N) is 3. The van der Waals surface area contributed by atoms with E-state index in [0.29, 0.717) is 17.3 Å². The van der Waals surface area contributed by atoms with Crippen LogP contribution in [0, 0.1) is 0 Å². The summed E-state index contributed by atoms with van der Waals surface area (Å²) in [4.78, 5) is 8.60. The van der Waals surface area contributed by atoms with Gasteiger partial charge in [0, 0.05) is 20.9 Å². The molecule has 2 rings (SSSR count). The van der Waals surface area contributed by atoms with Gasteiger partial charge in [0.05, 0.1) is 15.8 Å². The first-order chi connectivity index (χ1) is 8.88. The minimum absolute atomic E-state index is 0.464. The molecule has 0 unspecified atom stereocenters. The zero-order valence-corrected chi connectivity index (χ0v) is 14.6. The van der Waals surface area contributed by atoms with Crippen LogP contribution < -0.4 is 0 Å². The van der Waals surface area contributed by atoms with Gasteiger partial charge in [-0.1, -0.05) is 31.2 Å². The highest BCUT2D eigenvalue weighted by Gasteiger charge is 2.13. The summed E-state index contributed by atoms with van der Waals surface area (Å²) in [5.41, 5.74) is 1.45. The SMILES string of the molecule is C[Si](C)(C)CCOCn1cnc2c(Cl)c(Br)cnc21. The number of fused-ring (bicyclic) bond motifs is 1. The lowest BCUT2D eigenvalue weighted by atomic mass is 10.4. The molecule has 0 saturated heterocycles. The van der Waals surface area contributed by atoms with Gasteiger partial charge in [0.15, 0.2) is 5.65 Å². The summed E-state index contributed by atoms with van der Waals surface area (Å²) < 4.78 is 8.32. The van der Waals surface area contributed by atoms with Crippen LogP contribution in [0.4, 0.5) is 0 Å². The molecule has 4 nitrogen and oxygen atoms in total. The molecular formula is C12H17BrClN3OSi. The molecular weight excluding hydrogens is 346 g/mol. The van der Waals surface area contributed by atoms with Crippen LogP contribution in [-0.4, -0.2) is 29.2 Å². The highest BCUT2D eigenvalue weighted by atomic mass is 79.9. The van der Waals surface area contributed by atoms with Crippen LogP contribution in [-0.2, 0) is 11.5 Å².